The van der Waals surface area contributed by atoms with Crippen LogP contribution in [0.25, 0.3) is 0 Å². The van der Waals surface area contributed by atoms with Crippen molar-refractivity contribution < 1.29 is 4.79 Å². The Balaban J connectivity index is 2.44. The van der Waals surface area contributed by atoms with Gasteiger partial charge in [0.1, 0.15) is 0 Å². The lowest BCUT2D eigenvalue weighted by atomic mass is 10.6. The summed E-state index contributed by atoms with van der Waals surface area (Å²) in [5.41, 5.74) is 0. The number of carbonyl (C=O) groups is 1. The maximum Gasteiger partial charge on any atom is 0.245 e. The van der Waals surface area contributed by atoms with Crippen molar-refractivity contribution in [1.29, 1.82) is 0 Å². The lowest BCUT2D eigenvalue weighted by Crippen LogP contribution is -2.24. The molecule has 0 aromatic rings. The number of carbonyl (C=O) groups excluding carboxylic acids is 1. The third-order valence-corrected chi connectivity index (χ3v) is 0.921. The molecular formula is C5H8N2O. The lowest BCUT2D eigenvalue weighted by molar-refractivity contribution is -0.116. The molecule has 0 aliphatic carbocycles. The van der Waals surface area contributed by atoms with Crippen molar-refractivity contribution in [3.63, 3.8) is 0 Å². The van der Waals surface area contributed by atoms with Gasteiger partial charge in [0.2, 0.25) is 5.91 Å². The van der Waals surface area contributed by atoms with Crippen LogP contribution in [-0.4, -0.2) is 19.0 Å². The molecule has 0 fully saturated rings. The highest BCUT2D eigenvalue weighted by molar-refractivity contribution is 5.87. The van der Waals surface area contributed by atoms with E-state index in [-0.39, 0.29) is 5.91 Å². The third kappa shape index (κ3) is 1.26. The zero-order valence-electron chi connectivity index (χ0n) is 4.48. The first-order chi connectivity index (χ1) is 3.89. The van der Waals surface area contributed by atoms with E-state index in [9.17, 15) is 4.79 Å². The van der Waals surface area contributed by atoms with Crippen LogP contribution in [0.2, 0.25) is 0 Å². The summed E-state index contributed by atoms with van der Waals surface area (Å²) < 4.78 is 0. The molecule has 8 heavy (non-hydrogen) atoms. The average Bonchev–Trinajstić information content (AvgIpc) is 1.94. The van der Waals surface area contributed by atoms with Gasteiger partial charge in [0.15, 0.2) is 0 Å². The van der Waals surface area contributed by atoms with Gasteiger partial charge in [0.25, 0.3) is 0 Å². The summed E-state index contributed by atoms with van der Waals surface area (Å²) in [4.78, 5) is 10.4. The Morgan fingerprint density at radius 1 is 1.50 bits per heavy atom. The zero-order chi connectivity index (χ0) is 5.82. The quantitative estimate of drug-likeness (QED) is 0.431. The van der Waals surface area contributed by atoms with Crippen LogP contribution in [0.3, 0.4) is 0 Å². The summed E-state index contributed by atoms with van der Waals surface area (Å²) in [5.74, 6) is -0.0185. The number of rotatable bonds is 0. The highest BCUT2D eigenvalue weighted by atomic mass is 16.1. The van der Waals surface area contributed by atoms with Crippen molar-refractivity contribution in [2.45, 2.75) is 0 Å². The Morgan fingerprint density at radius 3 is 3.25 bits per heavy atom. The summed E-state index contributed by atoms with van der Waals surface area (Å²) in [6.45, 7) is 1.54. The maximum absolute atomic E-state index is 10.4. The van der Waals surface area contributed by atoms with Crippen LogP contribution < -0.4 is 10.6 Å². The number of hydrogen-bond donors (Lipinski definition) is 2. The van der Waals surface area contributed by atoms with Gasteiger partial charge in [-0.3, -0.25) is 4.79 Å². The van der Waals surface area contributed by atoms with Crippen molar-refractivity contribution in [3.8, 4) is 0 Å². The molecule has 1 aliphatic heterocycles. The van der Waals surface area contributed by atoms with E-state index in [2.05, 4.69) is 10.6 Å². The summed E-state index contributed by atoms with van der Waals surface area (Å²) in [6, 6.07) is 0. The van der Waals surface area contributed by atoms with Gasteiger partial charge in [-0.1, -0.05) is 0 Å². The van der Waals surface area contributed by atoms with Crippen molar-refractivity contribution in [3.05, 3.63) is 12.3 Å². The number of nitrogens with one attached hydrogen (secondary N) is 2. The topological polar surface area (TPSA) is 41.1 Å². The largest absolute Gasteiger partial charge is 0.389 e. The van der Waals surface area contributed by atoms with Gasteiger partial charge in [0.05, 0.1) is 0 Å². The molecule has 0 radical (unpaired) electrons. The molecule has 1 amide bonds. The van der Waals surface area contributed by atoms with Crippen LogP contribution in [0.1, 0.15) is 0 Å². The van der Waals surface area contributed by atoms with E-state index < -0.39 is 0 Å². The molecule has 0 atom stereocenters. The minimum absolute atomic E-state index is 0.0185. The Bertz CT molecular complexity index is 120. The minimum Gasteiger partial charge on any atom is -0.389 e. The standard InChI is InChI=1S/C5H8N2O/c8-5-1-2-6-3-4-7-5/h1-2,6H,3-4H2,(H,7,8). The Hall–Kier alpha value is -0.990. The minimum atomic E-state index is -0.0185. The second-order valence-electron chi connectivity index (χ2n) is 1.58. The lowest BCUT2D eigenvalue weighted by Gasteiger charge is -1.94. The van der Waals surface area contributed by atoms with Gasteiger partial charge in [-0.15, -0.1) is 0 Å². The van der Waals surface area contributed by atoms with Crippen molar-refractivity contribution in [1.82, 2.24) is 10.6 Å². The van der Waals surface area contributed by atoms with Crippen LogP contribution >= 0.6 is 0 Å². The van der Waals surface area contributed by atoms with Gasteiger partial charge in [-0.2, -0.15) is 0 Å². The van der Waals surface area contributed by atoms with Gasteiger partial charge < -0.3 is 10.6 Å². The van der Waals surface area contributed by atoms with Gasteiger partial charge in [-0.25, -0.2) is 0 Å². The van der Waals surface area contributed by atoms with E-state index in [1.165, 1.54) is 6.08 Å². The molecule has 44 valence electrons. The van der Waals surface area contributed by atoms with Crippen LogP contribution in [0.4, 0.5) is 0 Å². The molecule has 0 spiro atoms. The molecule has 0 bridgehead atoms. The highest BCUT2D eigenvalue weighted by Crippen LogP contribution is 1.74. The second-order valence-corrected chi connectivity index (χ2v) is 1.58. The summed E-state index contributed by atoms with van der Waals surface area (Å²) in [7, 11) is 0. The summed E-state index contributed by atoms with van der Waals surface area (Å²) >= 11 is 0. The van der Waals surface area contributed by atoms with Crippen LogP contribution in [0, 0.1) is 0 Å². The fourth-order valence-electron chi connectivity index (χ4n) is 0.535. The summed E-state index contributed by atoms with van der Waals surface area (Å²) in [5, 5.41) is 5.57. The molecule has 0 saturated carbocycles. The first kappa shape index (κ1) is 5.15. The predicted octanol–water partition coefficient (Wildman–Crippen LogP) is -0.781. The molecule has 0 aromatic heterocycles. The Labute approximate surface area is 47.8 Å². The molecule has 1 aliphatic rings. The predicted molar refractivity (Wildman–Crippen MR) is 30.2 cm³/mol. The van der Waals surface area contributed by atoms with Crippen molar-refractivity contribution in [2.24, 2.45) is 0 Å². The molecule has 1 heterocycles. The van der Waals surface area contributed by atoms with Gasteiger partial charge >= 0.3 is 0 Å². The molecule has 0 saturated heterocycles. The fraction of sp³-hybridized carbons (Fsp3) is 0.400. The van der Waals surface area contributed by atoms with E-state index >= 15 is 0 Å². The average molecular weight is 112 g/mol. The molecular weight excluding hydrogens is 104 g/mol. The fourth-order valence-corrected chi connectivity index (χ4v) is 0.535. The van der Waals surface area contributed by atoms with E-state index in [1.807, 2.05) is 0 Å². The monoisotopic (exact) mass is 112 g/mol. The molecule has 3 nitrogen and oxygen atoms in total. The smallest absolute Gasteiger partial charge is 0.245 e. The van der Waals surface area contributed by atoms with Crippen molar-refractivity contribution >= 4 is 5.91 Å². The SMILES string of the molecule is O=C1C=CNCCN1. The Morgan fingerprint density at radius 2 is 2.38 bits per heavy atom. The molecule has 2 N–H and O–H groups in total. The second kappa shape index (κ2) is 2.35. The molecule has 1 rings (SSSR count). The molecule has 3 heteroatoms. The first-order valence-electron chi connectivity index (χ1n) is 2.57. The molecule has 0 aromatic carbocycles. The van der Waals surface area contributed by atoms with Gasteiger partial charge in [0, 0.05) is 25.4 Å². The summed E-state index contributed by atoms with van der Waals surface area (Å²) in [6.07, 6.45) is 3.13. The number of hydrogen-bond acceptors (Lipinski definition) is 2. The van der Waals surface area contributed by atoms with Crippen molar-refractivity contribution in [2.75, 3.05) is 13.1 Å². The first-order valence-corrected chi connectivity index (χ1v) is 2.57. The van der Waals surface area contributed by atoms with Crippen LogP contribution in [-0.2, 0) is 4.79 Å². The maximum atomic E-state index is 10.4. The zero-order valence-corrected chi connectivity index (χ0v) is 4.48. The van der Waals surface area contributed by atoms with E-state index in [1.54, 1.807) is 6.20 Å². The third-order valence-electron chi connectivity index (χ3n) is 0.921. The number of amides is 1. The van der Waals surface area contributed by atoms with Crippen LogP contribution in [0.5, 0.6) is 0 Å². The van der Waals surface area contributed by atoms with E-state index in [4.69, 9.17) is 0 Å². The van der Waals surface area contributed by atoms with E-state index in [0.717, 1.165) is 6.54 Å². The van der Waals surface area contributed by atoms with E-state index in [0.29, 0.717) is 6.54 Å². The van der Waals surface area contributed by atoms with Crippen LogP contribution in [0.15, 0.2) is 12.3 Å². The highest BCUT2D eigenvalue weighted by Gasteiger charge is 1.95. The Kier molecular flexibility index (Phi) is 1.51. The normalized spacial score (nSPS) is 18.8. The molecule has 0 unspecified atom stereocenters. The van der Waals surface area contributed by atoms with Gasteiger partial charge in [-0.05, 0) is 0 Å².